The summed E-state index contributed by atoms with van der Waals surface area (Å²) in [5.41, 5.74) is 0.733. The van der Waals surface area contributed by atoms with Crippen molar-refractivity contribution in [1.29, 1.82) is 0 Å². The summed E-state index contributed by atoms with van der Waals surface area (Å²) in [6.45, 7) is 2.75. The molecular formula is C17H24N2O3. The van der Waals surface area contributed by atoms with Crippen LogP contribution in [-0.4, -0.2) is 56.3 Å². The van der Waals surface area contributed by atoms with Gasteiger partial charge in [0, 0.05) is 37.8 Å². The van der Waals surface area contributed by atoms with Gasteiger partial charge in [0.25, 0.3) is 5.91 Å². The molecule has 2 bridgehead atoms. The van der Waals surface area contributed by atoms with Crippen LogP contribution in [0.4, 0.5) is 0 Å². The third-order valence-corrected chi connectivity index (χ3v) is 4.47. The van der Waals surface area contributed by atoms with Crippen LogP contribution >= 0.6 is 0 Å². The maximum absolute atomic E-state index is 12.6. The summed E-state index contributed by atoms with van der Waals surface area (Å²) in [7, 11) is 1.65. The van der Waals surface area contributed by atoms with E-state index < -0.39 is 0 Å². The Labute approximate surface area is 131 Å². The molecule has 2 atom stereocenters. The van der Waals surface area contributed by atoms with E-state index in [0.717, 1.165) is 30.8 Å². The Bertz CT molecular complexity index is 503. The lowest BCUT2D eigenvalue weighted by Crippen LogP contribution is -2.39. The molecule has 5 nitrogen and oxygen atoms in total. The van der Waals surface area contributed by atoms with Crippen LogP contribution in [-0.2, 0) is 4.74 Å². The van der Waals surface area contributed by atoms with Crippen LogP contribution in [0.15, 0.2) is 24.3 Å². The highest BCUT2D eigenvalue weighted by molar-refractivity contribution is 5.94. The Morgan fingerprint density at radius 2 is 1.95 bits per heavy atom. The molecule has 2 heterocycles. The average Bonchev–Trinajstić information content (AvgIpc) is 2.87. The Morgan fingerprint density at radius 1 is 1.18 bits per heavy atom. The summed E-state index contributed by atoms with van der Waals surface area (Å²) >= 11 is 0. The quantitative estimate of drug-likeness (QED) is 0.841. The molecule has 1 aromatic rings. The Morgan fingerprint density at radius 3 is 2.73 bits per heavy atom. The van der Waals surface area contributed by atoms with Crippen molar-refractivity contribution in [2.24, 2.45) is 0 Å². The lowest BCUT2D eigenvalue weighted by Gasteiger charge is -2.24. The van der Waals surface area contributed by atoms with Crippen molar-refractivity contribution >= 4 is 5.91 Å². The number of nitrogens with zero attached hydrogens (tertiary/aromatic N) is 1. The number of nitrogens with one attached hydrogen (secondary N) is 1. The standard InChI is InChI=1S/C17H24N2O3/c1-21-10-11-22-16-6-2-13(3-7-16)17(20)19-9-8-14-4-5-15(12-19)18-14/h2-3,6-7,14-15,18H,4-5,8-12H2,1H3. The molecule has 1 aromatic carbocycles. The minimum atomic E-state index is 0.123. The van der Waals surface area contributed by atoms with Gasteiger partial charge in [-0.1, -0.05) is 0 Å². The van der Waals surface area contributed by atoms with Gasteiger partial charge in [0.05, 0.1) is 6.61 Å². The molecule has 2 aliphatic heterocycles. The highest BCUT2D eigenvalue weighted by atomic mass is 16.5. The number of benzene rings is 1. The Kier molecular flexibility index (Phi) is 4.95. The predicted molar refractivity (Wildman–Crippen MR) is 84.3 cm³/mol. The first-order chi connectivity index (χ1) is 10.8. The topological polar surface area (TPSA) is 50.8 Å². The molecule has 0 saturated carbocycles. The first-order valence-electron chi connectivity index (χ1n) is 8.03. The minimum absolute atomic E-state index is 0.123. The summed E-state index contributed by atoms with van der Waals surface area (Å²) in [4.78, 5) is 14.6. The zero-order chi connectivity index (χ0) is 15.4. The number of carbonyl (C=O) groups is 1. The zero-order valence-electron chi connectivity index (χ0n) is 13.1. The largest absolute Gasteiger partial charge is 0.491 e. The molecule has 120 valence electrons. The Hall–Kier alpha value is -1.59. The predicted octanol–water partition coefficient (Wildman–Crippen LogP) is 1.68. The molecular weight excluding hydrogens is 280 g/mol. The number of amides is 1. The van der Waals surface area contributed by atoms with Gasteiger partial charge in [-0.05, 0) is 43.5 Å². The molecule has 2 unspecified atom stereocenters. The summed E-state index contributed by atoms with van der Waals surface area (Å²) in [5.74, 6) is 0.892. The molecule has 22 heavy (non-hydrogen) atoms. The number of rotatable bonds is 5. The van der Waals surface area contributed by atoms with Gasteiger partial charge in [0.15, 0.2) is 0 Å². The summed E-state index contributed by atoms with van der Waals surface area (Å²) in [6, 6.07) is 8.46. The second kappa shape index (κ2) is 7.11. The fourth-order valence-electron chi connectivity index (χ4n) is 3.25. The lowest BCUT2D eigenvalue weighted by atomic mass is 10.1. The van der Waals surface area contributed by atoms with Crippen molar-refractivity contribution in [3.8, 4) is 5.75 Å². The van der Waals surface area contributed by atoms with E-state index in [1.807, 2.05) is 29.2 Å². The van der Waals surface area contributed by atoms with E-state index in [1.54, 1.807) is 7.11 Å². The van der Waals surface area contributed by atoms with Crippen LogP contribution in [0.5, 0.6) is 5.75 Å². The first-order valence-corrected chi connectivity index (χ1v) is 8.03. The van der Waals surface area contributed by atoms with Crippen molar-refractivity contribution in [2.45, 2.75) is 31.3 Å². The van der Waals surface area contributed by atoms with Gasteiger partial charge in [-0.15, -0.1) is 0 Å². The average molecular weight is 304 g/mol. The fourth-order valence-corrected chi connectivity index (χ4v) is 3.25. The van der Waals surface area contributed by atoms with E-state index in [0.29, 0.717) is 25.3 Å². The molecule has 2 fully saturated rings. The number of hydrogen-bond donors (Lipinski definition) is 1. The van der Waals surface area contributed by atoms with Crippen LogP contribution < -0.4 is 10.1 Å². The van der Waals surface area contributed by atoms with E-state index >= 15 is 0 Å². The van der Waals surface area contributed by atoms with E-state index in [2.05, 4.69) is 5.32 Å². The molecule has 0 spiro atoms. The van der Waals surface area contributed by atoms with Crippen LogP contribution in [0.25, 0.3) is 0 Å². The van der Waals surface area contributed by atoms with E-state index in [-0.39, 0.29) is 5.91 Å². The van der Waals surface area contributed by atoms with E-state index in [4.69, 9.17) is 9.47 Å². The third kappa shape index (κ3) is 3.59. The van der Waals surface area contributed by atoms with Crippen LogP contribution in [0, 0.1) is 0 Å². The lowest BCUT2D eigenvalue weighted by molar-refractivity contribution is 0.0748. The molecule has 1 amide bonds. The fraction of sp³-hybridized carbons (Fsp3) is 0.588. The summed E-state index contributed by atoms with van der Waals surface area (Å²) in [6.07, 6.45) is 3.49. The number of carbonyl (C=O) groups excluding carboxylic acids is 1. The van der Waals surface area contributed by atoms with Crippen LogP contribution in [0.3, 0.4) is 0 Å². The zero-order valence-corrected chi connectivity index (χ0v) is 13.1. The van der Waals surface area contributed by atoms with Crippen molar-refractivity contribution < 1.29 is 14.3 Å². The first kappa shape index (κ1) is 15.3. The number of ether oxygens (including phenoxy) is 2. The van der Waals surface area contributed by atoms with Crippen molar-refractivity contribution in [3.05, 3.63) is 29.8 Å². The normalized spacial score (nSPS) is 24.1. The van der Waals surface area contributed by atoms with Gasteiger partial charge in [0.1, 0.15) is 12.4 Å². The molecule has 2 aliphatic rings. The highest BCUT2D eigenvalue weighted by Crippen LogP contribution is 2.22. The highest BCUT2D eigenvalue weighted by Gasteiger charge is 2.31. The molecule has 0 radical (unpaired) electrons. The molecule has 5 heteroatoms. The Balaban J connectivity index is 1.59. The number of likely N-dealkylation sites (tertiary alicyclic amines) is 1. The summed E-state index contributed by atoms with van der Waals surface area (Å²) < 4.78 is 10.5. The van der Waals surface area contributed by atoms with Crippen molar-refractivity contribution in [3.63, 3.8) is 0 Å². The molecule has 0 aliphatic carbocycles. The monoisotopic (exact) mass is 304 g/mol. The van der Waals surface area contributed by atoms with E-state index in [1.165, 1.54) is 12.8 Å². The maximum Gasteiger partial charge on any atom is 0.253 e. The second-order valence-corrected chi connectivity index (χ2v) is 6.04. The number of fused-ring (bicyclic) bond motifs is 2. The van der Waals surface area contributed by atoms with Gasteiger partial charge >= 0.3 is 0 Å². The van der Waals surface area contributed by atoms with Gasteiger partial charge in [-0.25, -0.2) is 0 Å². The molecule has 3 rings (SSSR count). The smallest absolute Gasteiger partial charge is 0.253 e. The van der Waals surface area contributed by atoms with Gasteiger partial charge in [-0.2, -0.15) is 0 Å². The number of methoxy groups -OCH3 is 1. The van der Waals surface area contributed by atoms with Crippen molar-refractivity contribution in [1.82, 2.24) is 10.2 Å². The molecule has 2 saturated heterocycles. The van der Waals surface area contributed by atoms with Crippen LogP contribution in [0.1, 0.15) is 29.6 Å². The van der Waals surface area contributed by atoms with E-state index in [9.17, 15) is 4.79 Å². The third-order valence-electron chi connectivity index (χ3n) is 4.47. The van der Waals surface area contributed by atoms with Gasteiger partial charge < -0.3 is 19.7 Å². The van der Waals surface area contributed by atoms with Crippen molar-refractivity contribution in [2.75, 3.05) is 33.4 Å². The minimum Gasteiger partial charge on any atom is -0.491 e. The second-order valence-electron chi connectivity index (χ2n) is 6.04. The van der Waals surface area contributed by atoms with Gasteiger partial charge in [-0.3, -0.25) is 4.79 Å². The van der Waals surface area contributed by atoms with Crippen LogP contribution in [0.2, 0.25) is 0 Å². The maximum atomic E-state index is 12.6. The summed E-state index contributed by atoms with van der Waals surface area (Å²) in [5, 5.41) is 3.60. The SMILES string of the molecule is COCCOc1ccc(C(=O)N2CCC3CCC(C2)N3)cc1. The van der Waals surface area contributed by atoms with Gasteiger partial charge in [0.2, 0.25) is 0 Å². The molecule has 1 N–H and O–H groups in total. The molecule has 0 aromatic heterocycles. The number of hydrogen-bond acceptors (Lipinski definition) is 4.